The van der Waals surface area contributed by atoms with E-state index in [9.17, 15) is 0 Å². The van der Waals surface area contributed by atoms with E-state index in [1.54, 1.807) is 0 Å². The Kier molecular flexibility index (Phi) is 8.51. The van der Waals surface area contributed by atoms with Crippen LogP contribution in [-0.2, 0) is 13.5 Å². The first-order valence-electron chi connectivity index (χ1n) is 7.74. The fourth-order valence-electron chi connectivity index (χ4n) is 2.11. The molecule has 20 heavy (non-hydrogen) atoms. The van der Waals surface area contributed by atoms with E-state index in [0.29, 0.717) is 5.96 Å². The highest BCUT2D eigenvalue weighted by molar-refractivity contribution is 5.77. The van der Waals surface area contributed by atoms with Crippen molar-refractivity contribution in [2.75, 3.05) is 13.1 Å². The molecule has 0 saturated carbocycles. The second-order valence-electron chi connectivity index (χ2n) is 5.16. The first kappa shape index (κ1) is 16.5. The van der Waals surface area contributed by atoms with Crippen LogP contribution in [0.2, 0.25) is 0 Å². The van der Waals surface area contributed by atoms with E-state index in [4.69, 9.17) is 5.73 Å². The Labute approximate surface area is 122 Å². The quantitative estimate of drug-likeness (QED) is 0.392. The smallest absolute Gasteiger partial charge is 0.188 e. The maximum atomic E-state index is 5.83. The van der Waals surface area contributed by atoms with Gasteiger partial charge in [-0.3, -0.25) is 9.67 Å². The molecule has 0 aliphatic heterocycles. The molecule has 1 rings (SSSR count). The monoisotopic (exact) mass is 279 g/mol. The zero-order valence-electron chi connectivity index (χ0n) is 12.9. The van der Waals surface area contributed by atoms with Gasteiger partial charge in [0.15, 0.2) is 5.96 Å². The van der Waals surface area contributed by atoms with Gasteiger partial charge in [-0.1, -0.05) is 39.0 Å². The molecule has 0 bridgehead atoms. The number of nitrogens with one attached hydrogen (secondary N) is 1. The summed E-state index contributed by atoms with van der Waals surface area (Å²) in [7, 11) is 1.95. The molecule has 3 N–H and O–H groups in total. The van der Waals surface area contributed by atoms with Gasteiger partial charge >= 0.3 is 0 Å². The minimum absolute atomic E-state index is 0.556. The summed E-state index contributed by atoms with van der Waals surface area (Å²) in [5.41, 5.74) is 7.03. The topological polar surface area (TPSA) is 68.2 Å². The molecular weight excluding hydrogens is 250 g/mol. The van der Waals surface area contributed by atoms with Gasteiger partial charge in [-0.25, -0.2) is 0 Å². The molecule has 1 heterocycles. The van der Waals surface area contributed by atoms with Crippen molar-refractivity contribution < 1.29 is 0 Å². The van der Waals surface area contributed by atoms with E-state index in [1.807, 2.05) is 24.0 Å². The molecule has 5 nitrogen and oxygen atoms in total. The van der Waals surface area contributed by atoms with Gasteiger partial charge in [-0.05, 0) is 12.5 Å². The lowest BCUT2D eigenvalue weighted by atomic mass is 10.1. The number of nitrogens with two attached hydrogens (primary N) is 1. The number of hydrogen-bond donors (Lipinski definition) is 2. The number of unbranched alkanes of at least 4 members (excludes halogenated alkanes) is 5. The molecule has 0 unspecified atom stereocenters. The van der Waals surface area contributed by atoms with Crippen LogP contribution < -0.4 is 11.1 Å². The SMILES string of the molecule is CCCCCCCCN=C(N)NCCc1ccnn1C. The maximum absolute atomic E-state index is 5.83. The minimum atomic E-state index is 0.556. The van der Waals surface area contributed by atoms with Crippen molar-refractivity contribution in [3.63, 3.8) is 0 Å². The van der Waals surface area contributed by atoms with Gasteiger partial charge in [-0.15, -0.1) is 0 Å². The summed E-state index contributed by atoms with van der Waals surface area (Å²) >= 11 is 0. The summed E-state index contributed by atoms with van der Waals surface area (Å²) in [6, 6.07) is 2.02. The summed E-state index contributed by atoms with van der Waals surface area (Å²) in [5.74, 6) is 0.556. The number of guanidine groups is 1. The third-order valence-corrected chi connectivity index (χ3v) is 3.40. The van der Waals surface area contributed by atoms with E-state index in [1.165, 1.54) is 37.8 Å². The van der Waals surface area contributed by atoms with Crippen molar-refractivity contribution in [2.24, 2.45) is 17.8 Å². The lowest BCUT2D eigenvalue weighted by Gasteiger charge is -2.06. The summed E-state index contributed by atoms with van der Waals surface area (Å²) in [6.07, 6.45) is 10.4. The first-order valence-corrected chi connectivity index (χ1v) is 7.74. The molecule has 0 radical (unpaired) electrons. The Morgan fingerprint density at radius 2 is 2.05 bits per heavy atom. The van der Waals surface area contributed by atoms with Gasteiger partial charge in [0.25, 0.3) is 0 Å². The average Bonchev–Trinajstić information content (AvgIpc) is 2.83. The van der Waals surface area contributed by atoms with Crippen LogP contribution in [0, 0.1) is 0 Å². The lowest BCUT2D eigenvalue weighted by Crippen LogP contribution is -2.33. The largest absolute Gasteiger partial charge is 0.370 e. The molecule has 0 saturated heterocycles. The normalized spacial score (nSPS) is 11.8. The Bertz CT molecular complexity index is 383. The molecule has 0 fully saturated rings. The van der Waals surface area contributed by atoms with Crippen LogP contribution in [-0.4, -0.2) is 28.8 Å². The van der Waals surface area contributed by atoms with Gasteiger partial charge in [-0.2, -0.15) is 5.10 Å². The van der Waals surface area contributed by atoms with E-state index in [-0.39, 0.29) is 0 Å². The van der Waals surface area contributed by atoms with E-state index < -0.39 is 0 Å². The van der Waals surface area contributed by atoms with E-state index in [0.717, 1.165) is 25.9 Å². The summed E-state index contributed by atoms with van der Waals surface area (Å²) in [4.78, 5) is 4.34. The predicted octanol–water partition coefficient (Wildman–Crippen LogP) is 2.23. The molecule has 5 heteroatoms. The highest BCUT2D eigenvalue weighted by Gasteiger charge is 1.98. The predicted molar refractivity (Wildman–Crippen MR) is 84.8 cm³/mol. The number of aryl methyl sites for hydroxylation is 1. The zero-order chi connectivity index (χ0) is 14.6. The molecule has 0 aromatic carbocycles. The zero-order valence-corrected chi connectivity index (χ0v) is 12.9. The maximum Gasteiger partial charge on any atom is 0.188 e. The first-order chi connectivity index (χ1) is 9.74. The molecular formula is C15H29N5. The molecule has 1 aromatic rings. The fourth-order valence-corrected chi connectivity index (χ4v) is 2.11. The van der Waals surface area contributed by atoms with Gasteiger partial charge < -0.3 is 11.1 Å². The number of rotatable bonds is 10. The van der Waals surface area contributed by atoms with Crippen LogP contribution in [0.1, 0.15) is 51.1 Å². The van der Waals surface area contributed by atoms with Crippen molar-refractivity contribution in [1.82, 2.24) is 15.1 Å². The van der Waals surface area contributed by atoms with Crippen LogP contribution in [0.4, 0.5) is 0 Å². The number of nitrogens with zero attached hydrogens (tertiary/aromatic N) is 3. The fraction of sp³-hybridized carbons (Fsp3) is 0.733. The molecule has 0 spiro atoms. The van der Waals surface area contributed by atoms with Crippen LogP contribution >= 0.6 is 0 Å². The van der Waals surface area contributed by atoms with Crippen molar-refractivity contribution in [3.8, 4) is 0 Å². The number of aliphatic imine (C=N–C) groups is 1. The highest BCUT2D eigenvalue weighted by Crippen LogP contribution is 2.04. The van der Waals surface area contributed by atoms with Crippen LogP contribution in [0.25, 0.3) is 0 Å². The Balaban J connectivity index is 2.02. The molecule has 0 atom stereocenters. The lowest BCUT2D eigenvalue weighted by molar-refractivity contribution is 0.611. The molecule has 114 valence electrons. The Morgan fingerprint density at radius 1 is 1.30 bits per heavy atom. The van der Waals surface area contributed by atoms with Crippen molar-refractivity contribution in [2.45, 2.75) is 51.9 Å². The van der Waals surface area contributed by atoms with E-state index in [2.05, 4.69) is 22.3 Å². The molecule has 0 amide bonds. The number of hydrogen-bond acceptors (Lipinski definition) is 2. The number of aromatic nitrogens is 2. The van der Waals surface area contributed by atoms with Crippen molar-refractivity contribution in [1.29, 1.82) is 0 Å². The van der Waals surface area contributed by atoms with Gasteiger partial charge in [0.05, 0.1) is 0 Å². The third-order valence-electron chi connectivity index (χ3n) is 3.40. The minimum Gasteiger partial charge on any atom is -0.370 e. The average molecular weight is 279 g/mol. The van der Waals surface area contributed by atoms with Crippen molar-refractivity contribution in [3.05, 3.63) is 18.0 Å². The van der Waals surface area contributed by atoms with Gasteiger partial charge in [0, 0.05) is 38.4 Å². The van der Waals surface area contributed by atoms with Crippen LogP contribution in [0.5, 0.6) is 0 Å². The Hall–Kier alpha value is -1.52. The molecule has 0 aliphatic rings. The summed E-state index contributed by atoms with van der Waals surface area (Å²) < 4.78 is 1.88. The Morgan fingerprint density at radius 3 is 2.75 bits per heavy atom. The van der Waals surface area contributed by atoms with Crippen molar-refractivity contribution >= 4 is 5.96 Å². The summed E-state index contributed by atoms with van der Waals surface area (Å²) in [6.45, 7) is 3.87. The van der Waals surface area contributed by atoms with Gasteiger partial charge in [0.1, 0.15) is 0 Å². The standard InChI is InChI=1S/C15H29N5/c1-3-4-5-6-7-8-11-17-15(16)18-12-9-14-10-13-19-20(14)2/h10,13H,3-9,11-12H2,1-2H3,(H3,16,17,18). The third kappa shape index (κ3) is 7.16. The molecule has 0 aliphatic carbocycles. The second-order valence-corrected chi connectivity index (χ2v) is 5.16. The highest BCUT2D eigenvalue weighted by atomic mass is 15.3. The van der Waals surface area contributed by atoms with E-state index >= 15 is 0 Å². The molecule has 1 aromatic heterocycles. The van der Waals surface area contributed by atoms with Crippen LogP contribution in [0.15, 0.2) is 17.3 Å². The van der Waals surface area contributed by atoms with Gasteiger partial charge in [0.2, 0.25) is 0 Å². The van der Waals surface area contributed by atoms with Crippen LogP contribution in [0.3, 0.4) is 0 Å². The summed E-state index contributed by atoms with van der Waals surface area (Å²) in [5, 5.41) is 7.28. The second kappa shape index (κ2) is 10.3.